The summed E-state index contributed by atoms with van der Waals surface area (Å²) >= 11 is 0. The van der Waals surface area contributed by atoms with Gasteiger partial charge in [0, 0.05) is 22.8 Å². The van der Waals surface area contributed by atoms with Crippen LogP contribution >= 0.6 is 0 Å². The molecule has 13 nitrogen and oxygen atoms in total. The van der Waals surface area contributed by atoms with E-state index in [0.717, 1.165) is 18.2 Å². The second-order valence-corrected chi connectivity index (χ2v) is 8.25. The molecular formula is C22H19N3O10. The van der Waals surface area contributed by atoms with Gasteiger partial charge in [0.2, 0.25) is 0 Å². The smallest absolute Gasteiger partial charge is 0.338 e. The first-order chi connectivity index (χ1) is 16.4. The number of carbonyl (C=O) groups excluding carboxylic acids is 3. The molecule has 0 saturated heterocycles. The Morgan fingerprint density at radius 2 is 1.60 bits per heavy atom. The second-order valence-electron chi connectivity index (χ2n) is 8.25. The minimum absolute atomic E-state index is 0.200. The van der Waals surface area contributed by atoms with Crippen molar-refractivity contribution in [3.8, 4) is 11.1 Å². The van der Waals surface area contributed by atoms with E-state index in [1.807, 2.05) is 6.92 Å². The summed E-state index contributed by atoms with van der Waals surface area (Å²) in [6, 6.07) is 3.60. The summed E-state index contributed by atoms with van der Waals surface area (Å²) in [5.74, 6) is -2.29. The molecule has 0 spiro atoms. The molecule has 0 aromatic heterocycles. The number of nitrogens with zero attached hydrogens (tertiary/aromatic N) is 3. The van der Waals surface area contributed by atoms with E-state index in [-0.39, 0.29) is 41.0 Å². The number of benzene rings is 2. The summed E-state index contributed by atoms with van der Waals surface area (Å²) in [4.78, 5) is 69.9. The van der Waals surface area contributed by atoms with Gasteiger partial charge in [-0.15, -0.1) is 4.91 Å². The quantitative estimate of drug-likeness (QED) is 0.139. The van der Waals surface area contributed by atoms with Gasteiger partial charge in [-0.3, -0.25) is 29.8 Å². The van der Waals surface area contributed by atoms with Gasteiger partial charge in [-0.2, -0.15) is 0 Å². The van der Waals surface area contributed by atoms with Gasteiger partial charge in [-0.1, -0.05) is 6.92 Å². The zero-order chi connectivity index (χ0) is 26.1. The number of carbonyl (C=O) groups is 3. The zero-order valence-corrected chi connectivity index (χ0v) is 18.9. The van der Waals surface area contributed by atoms with Crippen LogP contribution in [-0.4, -0.2) is 40.8 Å². The van der Waals surface area contributed by atoms with Crippen LogP contribution in [0, 0.1) is 30.6 Å². The molecule has 0 unspecified atom stereocenters. The molecule has 3 rings (SSSR count). The normalized spacial score (nSPS) is 11.9. The van der Waals surface area contributed by atoms with Crippen molar-refractivity contribution in [2.75, 3.05) is 13.2 Å². The van der Waals surface area contributed by atoms with Crippen LogP contribution in [0.3, 0.4) is 0 Å². The molecule has 1 aliphatic carbocycles. The molecule has 0 amide bonds. The average molecular weight is 485 g/mol. The van der Waals surface area contributed by atoms with Crippen LogP contribution in [0.5, 0.6) is 0 Å². The van der Waals surface area contributed by atoms with Crippen molar-refractivity contribution in [3.63, 3.8) is 0 Å². The molecular weight excluding hydrogens is 466 g/mol. The standard InChI is InChI=1S/C22H19N3O10/c1-4-22(2,3)21(28)35-6-5-34-20(27)11-7-13-17(15(8-11)23-29)18-14(19(13)26)9-12(24(30)31)10-16(18)25(32)33/h7-10H,4-6H2,1-3H3. The van der Waals surface area contributed by atoms with Crippen LogP contribution in [0.1, 0.15) is 53.5 Å². The Bertz CT molecular complexity index is 1300. The Labute approximate surface area is 197 Å². The molecule has 182 valence electrons. The van der Waals surface area contributed by atoms with E-state index in [0.29, 0.717) is 12.5 Å². The molecule has 35 heavy (non-hydrogen) atoms. The lowest BCUT2D eigenvalue weighted by molar-refractivity contribution is -0.393. The fourth-order valence-electron chi connectivity index (χ4n) is 3.40. The lowest BCUT2D eigenvalue weighted by atomic mass is 9.91. The molecule has 0 radical (unpaired) electrons. The van der Waals surface area contributed by atoms with Gasteiger partial charge in [0.1, 0.15) is 18.9 Å². The van der Waals surface area contributed by atoms with Crippen LogP contribution < -0.4 is 0 Å². The van der Waals surface area contributed by atoms with Crippen molar-refractivity contribution in [2.45, 2.75) is 27.2 Å². The second kappa shape index (κ2) is 9.37. The molecule has 0 fully saturated rings. The topological polar surface area (TPSA) is 185 Å². The van der Waals surface area contributed by atoms with Gasteiger partial charge >= 0.3 is 11.9 Å². The highest BCUT2D eigenvalue weighted by molar-refractivity contribution is 6.25. The van der Waals surface area contributed by atoms with Gasteiger partial charge in [0.05, 0.1) is 32.5 Å². The highest BCUT2D eigenvalue weighted by Gasteiger charge is 2.39. The fourth-order valence-corrected chi connectivity index (χ4v) is 3.40. The molecule has 0 N–H and O–H groups in total. The number of non-ortho nitro benzene ring substituents is 1. The first kappa shape index (κ1) is 25.1. The maximum Gasteiger partial charge on any atom is 0.338 e. The molecule has 0 saturated carbocycles. The lowest BCUT2D eigenvalue weighted by Gasteiger charge is -2.20. The Balaban J connectivity index is 1.91. The van der Waals surface area contributed by atoms with Crippen molar-refractivity contribution in [1.82, 2.24) is 0 Å². The number of esters is 2. The highest BCUT2D eigenvalue weighted by atomic mass is 16.6. The van der Waals surface area contributed by atoms with E-state index >= 15 is 0 Å². The SMILES string of the molecule is CCC(C)(C)C(=O)OCCOC(=O)c1cc(N=O)c2c(c1)C(=O)c1cc([N+](=O)[O-])cc([N+](=O)[O-])c1-2. The van der Waals surface area contributed by atoms with E-state index in [1.165, 1.54) is 0 Å². The van der Waals surface area contributed by atoms with Crippen LogP contribution in [0.15, 0.2) is 29.4 Å². The monoisotopic (exact) mass is 485 g/mol. The third-order valence-corrected chi connectivity index (χ3v) is 5.69. The molecule has 2 aromatic carbocycles. The number of nitro groups is 2. The zero-order valence-electron chi connectivity index (χ0n) is 18.9. The summed E-state index contributed by atoms with van der Waals surface area (Å²) in [5.41, 5.74) is -3.95. The van der Waals surface area contributed by atoms with E-state index < -0.39 is 50.0 Å². The predicted octanol–water partition coefficient (Wildman–Crippen LogP) is 4.25. The Morgan fingerprint density at radius 3 is 2.17 bits per heavy atom. The van der Waals surface area contributed by atoms with Gasteiger partial charge < -0.3 is 9.47 Å². The van der Waals surface area contributed by atoms with Gasteiger partial charge in [-0.05, 0) is 37.6 Å². The van der Waals surface area contributed by atoms with E-state index in [2.05, 4.69) is 5.18 Å². The predicted molar refractivity (Wildman–Crippen MR) is 119 cm³/mol. The highest BCUT2D eigenvalue weighted by Crippen LogP contribution is 2.49. The number of rotatable bonds is 9. The van der Waals surface area contributed by atoms with Crippen molar-refractivity contribution >= 4 is 34.8 Å². The number of nitro benzene ring substituents is 2. The van der Waals surface area contributed by atoms with Gasteiger partial charge in [0.25, 0.3) is 11.4 Å². The van der Waals surface area contributed by atoms with Crippen LogP contribution in [-0.2, 0) is 14.3 Å². The number of fused-ring (bicyclic) bond motifs is 3. The molecule has 0 aliphatic heterocycles. The third-order valence-electron chi connectivity index (χ3n) is 5.69. The largest absolute Gasteiger partial charge is 0.462 e. The maximum atomic E-state index is 12.9. The van der Waals surface area contributed by atoms with E-state index in [4.69, 9.17) is 9.47 Å². The number of hydrogen-bond acceptors (Lipinski definition) is 11. The summed E-state index contributed by atoms with van der Waals surface area (Å²) in [5, 5.41) is 25.5. The van der Waals surface area contributed by atoms with Crippen molar-refractivity contribution in [1.29, 1.82) is 0 Å². The van der Waals surface area contributed by atoms with Crippen molar-refractivity contribution < 1.29 is 33.7 Å². The molecule has 0 atom stereocenters. The number of hydrogen-bond donors (Lipinski definition) is 0. The first-order valence-electron chi connectivity index (χ1n) is 10.3. The molecule has 0 bridgehead atoms. The van der Waals surface area contributed by atoms with E-state index in [9.17, 15) is 39.5 Å². The number of ether oxygens (including phenoxy) is 2. The lowest BCUT2D eigenvalue weighted by Crippen LogP contribution is -2.27. The van der Waals surface area contributed by atoms with E-state index in [1.54, 1.807) is 13.8 Å². The Kier molecular flexibility index (Phi) is 6.71. The summed E-state index contributed by atoms with van der Waals surface area (Å²) in [7, 11) is 0. The minimum atomic E-state index is -0.965. The number of nitroso groups, excluding NO2 is 1. The number of ketones is 1. The fraction of sp³-hybridized carbons (Fsp3) is 0.318. The van der Waals surface area contributed by atoms with Crippen molar-refractivity contribution in [3.05, 3.63) is 66.1 Å². The molecule has 2 aromatic rings. The van der Waals surface area contributed by atoms with Crippen molar-refractivity contribution in [2.24, 2.45) is 10.6 Å². The van der Waals surface area contributed by atoms with Crippen LogP contribution in [0.2, 0.25) is 0 Å². The Morgan fingerprint density at radius 1 is 0.971 bits per heavy atom. The maximum absolute atomic E-state index is 12.9. The molecule has 13 heteroatoms. The van der Waals surface area contributed by atoms with Gasteiger partial charge in [-0.25, -0.2) is 4.79 Å². The van der Waals surface area contributed by atoms with Crippen LogP contribution in [0.25, 0.3) is 11.1 Å². The summed E-state index contributed by atoms with van der Waals surface area (Å²) in [6.45, 7) is 4.69. The third kappa shape index (κ3) is 4.60. The molecule has 1 aliphatic rings. The van der Waals surface area contributed by atoms with Crippen LogP contribution in [0.4, 0.5) is 17.1 Å². The summed E-state index contributed by atoms with van der Waals surface area (Å²) in [6.07, 6.45) is 0.542. The molecule has 0 heterocycles. The first-order valence-corrected chi connectivity index (χ1v) is 10.3. The van der Waals surface area contributed by atoms with Gasteiger partial charge in [0.15, 0.2) is 5.78 Å². The average Bonchev–Trinajstić information content (AvgIpc) is 3.12. The summed E-state index contributed by atoms with van der Waals surface area (Å²) < 4.78 is 10.1. The Hall–Kier alpha value is -4.55. The minimum Gasteiger partial charge on any atom is -0.462 e.